The SMILES string of the molecule is COC(=O)c1c(C)[nH]c(C(=O)C[NH2+][C@@H](C)c2ccc(Cl)cc2)c1C. The van der Waals surface area contributed by atoms with E-state index in [9.17, 15) is 9.59 Å². The molecule has 6 heteroatoms. The number of aromatic nitrogens is 1. The Morgan fingerprint density at radius 2 is 1.88 bits per heavy atom. The van der Waals surface area contributed by atoms with Gasteiger partial charge in [-0.25, -0.2) is 4.79 Å². The molecule has 128 valence electrons. The third-order valence-corrected chi connectivity index (χ3v) is 4.41. The van der Waals surface area contributed by atoms with Crippen LogP contribution in [0.1, 0.15) is 50.6 Å². The van der Waals surface area contributed by atoms with Crippen molar-refractivity contribution in [1.29, 1.82) is 0 Å². The number of methoxy groups -OCH3 is 1. The summed E-state index contributed by atoms with van der Waals surface area (Å²) in [5, 5.41) is 2.65. The normalized spacial score (nSPS) is 12.0. The highest BCUT2D eigenvalue weighted by Gasteiger charge is 2.23. The Labute approximate surface area is 146 Å². The zero-order chi connectivity index (χ0) is 17.9. The van der Waals surface area contributed by atoms with Crippen molar-refractivity contribution in [2.75, 3.05) is 13.7 Å². The molecule has 3 N–H and O–H groups in total. The van der Waals surface area contributed by atoms with E-state index in [1.165, 1.54) is 7.11 Å². The molecule has 1 heterocycles. The topological polar surface area (TPSA) is 75.8 Å². The van der Waals surface area contributed by atoms with Gasteiger partial charge in [-0.3, -0.25) is 4.79 Å². The van der Waals surface area contributed by atoms with Crippen LogP contribution >= 0.6 is 11.6 Å². The van der Waals surface area contributed by atoms with Gasteiger partial charge in [-0.15, -0.1) is 0 Å². The number of aromatic amines is 1. The molecular formula is C18H22ClN2O3+. The minimum Gasteiger partial charge on any atom is -0.465 e. The van der Waals surface area contributed by atoms with Crippen molar-refractivity contribution in [3.05, 3.63) is 57.4 Å². The number of rotatable bonds is 6. The van der Waals surface area contributed by atoms with Gasteiger partial charge in [0.05, 0.1) is 18.4 Å². The molecule has 0 unspecified atom stereocenters. The Kier molecular flexibility index (Phi) is 5.80. The quantitative estimate of drug-likeness (QED) is 0.621. The molecule has 0 spiro atoms. The second-order valence-corrected chi connectivity index (χ2v) is 6.26. The molecule has 2 aromatic rings. The summed E-state index contributed by atoms with van der Waals surface area (Å²) in [5.41, 5.74) is 3.28. The molecule has 1 atom stereocenters. The summed E-state index contributed by atoms with van der Waals surface area (Å²) < 4.78 is 4.77. The van der Waals surface area contributed by atoms with Crippen molar-refractivity contribution in [3.8, 4) is 0 Å². The second kappa shape index (κ2) is 7.64. The largest absolute Gasteiger partial charge is 0.465 e. The summed E-state index contributed by atoms with van der Waals surface area (Å²) in [4.78, 5) is 27.3. The van der Waals surface area contributed by atoms with E-state index in [2.05, 4.69) is 4.98 Å². The third-order valence-electron chi connectivity index (χ3n) is 4.16. The number of Topliss-reactive ketones (excluding diaryl/α,β-unsaturated/α-hetero) is 1. The molecule has 0 radical (unpaired) electrons. The fourth-order valence-corrected chi connectivity index (χ4v) is 2.85. The first kappa shape index (κ1) is 18.2. The number of hydrogen-bond acceptors (Lipinski definition) is 3. The maximum atomic E-state index is 12.5. The van der Waals surface area contributed by atoms with Crippen LogP contribution in [0.25, 0.3) is 0 Å². The number of carbonyl (C=O) groups is 2. The average molecular weight is 350 g/mol. The van der Waals surface area contributed by atoms with Gasteiger partial charge in [0.2, 0.25) is 5.78 Å². The number of carbonyl (C=O) groups excluding carboxylic acids is 2. The van der Waals surface area contributed by atoms with E-state index in [1.54, 1.807) is 13.8 Å². The number of esters is 1. The Morgan fingerprint density at radius 3 is 2.46 bits per heavy atom. The molecule has 0 bridgehead atoms. The van der Waals surface area contributed by atoms with Crippen molar-refractivity contribution in [3.63, 3.8) is 0 Å². The number of nitrogens with one attached hydrogen (secondary N) is 1. The summed E-state index contributed by atoms with van der Waals surface area (Å²) in [6, 6.07) is 7.71. The second-order valence-electron chi connectivity index (χ2n) is 5.82. The summed E-state index contributed by atoms with van der Waals surface area (Å²) in [6.45, 7) is 5.83. The zero-order valence-electron chi connectivity index (χ0n) is 14.3. The van der Waals surface area contributed by atoms with Crippen LogP contribution in [-0.2, 0) is 4.74 Å². The predicted octanol–water partition coefficient (Wildman–Crippen LogP) is 2.58. The highest BCUT2D eigenvalue weighted by atomic mass is 35.5. The molecule has 2 rings (SSSR count). The molecule has 1 aromatic heterocycles. The van der Waals surface area contributed by atoms with Crippen LogP contribution in [0, 0.1) is 13.8 Å². The lowest BCUT2D eigenvalue weighted by atomic mass is 10.1. The highest BCUT2D eigenvalue weighted by Crippen LogP contribution is 2.19. The molecule has 0 saturated carbocycles. The molecule has 0 aliphatic heterocycles. The first-order chi connectivity index (χ1) is 11.3. The smallest absolute Gasteiger partial charge is 0.339 e. The van der Waals surface area contributed by atoms with Crippen LogP contribution in [0.3, 0.4) is 0 Å². The maximum absolute atomic E-state index is 12.5. The number of nitrogens with two attached hydrogens (primary N) is 1. The molecule has 0 amide bonds. The average Bonchev–Trinajstić information content (AvgIpc) is 2.87. The summed E-state index contributed by atoms with van der Waals surface area (Å²) in [6.07, 6.45) is 0. The maximum Gasteiger partial charge on any atom is 0.339 e. The number of quaternary nitrogens is 1. The van der Waals surface area contributed by atoms with Crippen molar-refractivity contribution < 1.29 is 19.6 Å². The third kappa shape index (κ3) is 3.86. The van der Waals surface area contributed by atoms with Crippen molar-refractivity contribution >= 4 is 23.4 Å². The molecule has 0 aliphatic rings. The first-order valence-corrected chi connectivity index (χ1v) is 8.12. The Hall–Kier alpha value is -2.11. The molecule has 0 saturated heterocycles. The molecule has 24 heavy (non-hydrogen) atoms. The van der Waals surface area contributed by atoms with E-state index in [0.717, 1.165) is 5.56 Å². The van der Waals surface area contributed by atoms with Gasteiger partial charge < -0.3 is 15.0 Å². The van der Waals surface area contributed by atoms with Crippen LogP contribution in [0.15, 0.2) is 24.3 Å². The van der Waals surface area contributed by atoms with Gasteiger partial charge in [0.25, 0.3) is 0 Å². The minimum absolute atomic E-state index is 0.0495. The van der Waals surface area contributed by atoms with Gasteiger partial charge in [-0.05, 0) is 38.5 Å². The Morgan fingerprint density at radius 1 is 1.25 bits per heavy atom. The Balaban J connectivity index is 2.08. The Bertz CT molecular complexity index is 750. The molecule has 5 nitrogen and oxygen atoms in total. The van der Waals surface area contributed by atoms with E-state index in [1.807, 2.05) is 36.5 Å². The van der Waals surface area contributed by atoms with E-state index in [-0.39, 0.29) is 18.4 Å². The highest BCUT2D eigenvalue weighted by molar-refractivity contribution is 6.30. The standard InChI is InChI=1S/C18H21ClN2O3/c1-10-16(18(23)24-4)12(3)21-17(10)15(22)9-20-11(2)13-5-7-14(19)8-6-13/h5-8,11,20-21H,9H2,1-4H3/p+1/t11-/m0/s1. The molecular weight excluding hydrogens is 328 g/mol. The van der Waals surface area contributed by atoms with Crippen molar-refractivity contribution in [2.45, 2.75) is 26.8 Å². The summed E-state index contributed by atoms with van der Waals surface area (Å²) >= 11 is 5.89. The van der Waals surface area contributed by atoms with Crippen LogP contribution in [-0.4, -0.2) is 30.4 Å². The fraction of sp³-hybridized carbons (Fsp3) is 0.333. The van der Waals surface area contributed by atoms with Gasteiger partial charge in [0.15, 0.2) is 0 Å². The number of halogens is 1. The van der Waals surface area contributed by atoms with Gasteiger partial charge in [0.1, 0.15) is 12.6 Å². The van der Waals surface area contributed by atoms with Crippen LogP contribution in [0.2, 0.25) is 5.02 Å². The number of aryl methyl sites for hydroxylation is 1. The lowest BCUT2D eigenvalue weighted by Crippen LogP contribution is -2.86. The number of benzene rings is 1. The zero-order valence-corrected chi connectivity index (χ0v) is 15.0. The lowest BCUT2D eigenvalue weighted by Gasteiger charge is -2.10. The number of hydrogen-bond donors (Lipinski definition) is 2. The van der Waals surface area contributed by atoms with Crippen molar-refractivity contribution in [1.82, 2.24) is 4.98 Å². The fourth-order valence-electron chi connectivity index (χ4n) is 2.73. The van der Waals surface area contributed by atoms with E-state index < -0.39 is 5.97 Å². The van der Waals surface area contributed by atoms with Gasteiger partial charge in [0, 0.05) is 16.3 Å². The number of ether oxygens (including phenoxy) is 1. The predicted molar refractivity (Wildman–Crippen MR) is 92.6 cm³/mol. The van der Waals surface area contributed by atoms with E-state index in [0.29, 0.717) is 27.5 Å². The van der Waals surface area contributed by atoms with Crippen molar-refractivity contribution in [2.24, 2.45) is 0 Å². The molecule has 0 fully saturated rings. The van der Waals surface area contributed by atoms with E-state index >= 15 is 0 Å². The van der Waals surface area contributed by atoms with Gasteiger partial charge >= 0.3 is 5.97 Å². The van der Waals surface area contributed by atoms with Crippen LogP contribution < -0.4 is 5.32 Å². The van der Waals surface area contributed by atoms with E-state index in [4.69, 9.17) is 16.3 Å². The van der Waals surface area contributed by atoms with Crippen LogP contribution in [0.5, 0.6) is 0 Å². The first-order valence-electron chi connectivity index (χ1n) is 7.74. The van der Waals surface area contributed by atoms with Gasteiger partial charge in [-0.2, -0.15) is 0 Å². The summed E-state index contributed by atoms with van der Waals surface area (Å²) in [5.74, 6) is -0.481. The molecule has 1 aromatic carbocycles. The molecule has 0 aliphatic carbocycles. The van der Waals surface area contributed by atoms with Gasteiger partial charge in [-0.1, -0.05) is 23.7 Å². The monoisotopic (exact) mass is 349 g/mol. The summed E-state index contributed by atoms with van der Waals surface area (Å²) in [7, 11) is 1.33. The van der Waals surface area contributed by atoms with Crippen LogP contribution in [0.4, 0.5) is 0 Å². The number of ketones is 1. The lowest BCUT2D eigenvalue weighted by molar-refractivity contribution is -0.681. The minimum atomic E-state index is -0.432. The number of H-pyrrole nitrogens is 1.